The number of hydrogen-bond acceptors (Lipinski definition) is 3. The SMILES string of the molecule is COc1ccc(C2C(C(=O)NC3CCCC3)CCC(=O)N2C)cc1. The Morgan fingerprint density at radius 2 is 1.83 bits per heavy atom. The van der Waals surface area contributed by atoms with Gasteiger partial charge in [-0.3, -0.25) is 9.59 Å². The third-order valence-electron chi connectivity index (χ3n) is 5.36. The molecule has 1 heterocycles. The molecule has 24 heavy (non-hydrogen) atoms. The number of carbonyl (C=O) groups excluding carboxylic acids is 2. The third-order valence-corrected chi connectivity index (χ3v) is 5.36. The lowest BCUT2D eigenvalue weighted by atomic mass is 9.83. The number of nitrogens with zero attached hydrogens (tertiary/aromatic N) is 1. The molecule has 2 atom stereocenters. The van der Waals surface area contributed by atoms with Crippen molar-refractivity contribution in [1.82, 2.24) is 10.2 Å². The van der Waals surface area contributed by atoms with Crippen molar-refractivity contribution in [2.45, 2.75) is 50.6 Å². The van der Waals surface area contributed by atoms with Gasteiger partial charge in [0.05, 0.1) is 19.1 Å². The second kappa shape index (κ2) is 7.24. The van der Waals surface area contributed by atoms with Gasteiger partial charge >= 0.3 is 0 Å². The maximum Gasteiger partial charge on any atom is 0.225 e. The molecule has 2 fully saturated rings. The van der Waals surface area contributed by atoms with Crippen molar-refractivity contribution in [2.24, 2.45) is 5.92 Å². The summed E-state index contributed by atoms with van der Waals surface area (Å²) in [5.74, 6) is 0.764. The van der Waals surface area contributed by atoms with Crippen LogP contribution in [0, 0.1) is 5.92 Å². The fourth-order valence-electron chi connectivity index (χ4n) is 3.95. The summed E-state index contributed by atoms with van der Waals surface area (Å²) in [5.41, 5.74) is 0.984. The van der Waals surface area contributed by atoms with Gasteiger partial charge in [0.2, 0.25) is 11.8 Å². The molecule has 0 spiro atoms. The number of methoxy groups -OCH3 is 1. The van der Waals surface area contributed by atoms with Crippen LogP contribution in [0.3, 0.4) is 0 Å². The van der Waals surface area contributed by atoms with Gasteiger partial charge in [0.15, 0.2) is 0 Å². The first kappa shape index (κ1) is 16.8. The normalized spacial score (nSPS) is 24.9. The molecular formula is C19H26N2O3. The van der Waals surface area contributed by atoms with Crippen LogP contribution in [0.15, 0.2) is 24.3 Å². The van der Waals surface area contributed by atoms with Gasteiger partial charge < -0.3 is 15.0 Å². The minimum Gasteiger partial charge on any atom is -0.497 e. The summed E-state index contributed by atoms with van der Waals surface area (Å²) in [7, 11) is 3.43. The molecule has 1 saturated heterocycles. The molecule has 0 radical (unpaired) electrons. The quantitative estimate of drug-likeness (QED) is 0.923. The van der Waals surface area contributed by atoms with Crippen molar-refractivity contribution in [1.29, 1.82) is 0 Å². The van der Waals surface area contributed by atoms with Gasteiger partial charge in [-0.15, -0.1) is 0 Å². The zero-order valence-electron chi connectivity index (χ0n) is 14.5. The maximum absolute atomic E-state index is 12.8. The van der Waals surface area contributed by atoms with E-state index in [-0.39, 0.29) is 23.8 Å². The van der Waals surface area contributed by atoms with E-state index >= 15 is 0 Å². The van der Waals surface area contributed by atoms with Crippen molar-refractivity contribution < 1.29 is 14.3 Å². The highest BCUT2D eigenvalue weighted by Crippen LogP contribution is 2.36. The van der Waals surface area contributed by atoms with Gasteiger partial charge in [0.25, 0.3) is 0 Å². The van der Waals surface area contributed by atoms with E-state index in [1.807, 2.05) is 24.3 Å². The topological polar surface area (TPSA) is 58.6 Å². The lowest BCUT2D eigenvalue weighted by Crippen LogP contribution is -2.48. The highest BCUT2D eigenvalue weighted by molar-refractivity contribution is 5.85. The van der Waals surface area contributed by atoms with E-state index in [0.717, 1.165) is 24.2 Å². The predicted molar refractivity (Wildman–Crippen MR) is 91.6 cm³/mol. The van der Waals surface area contributed by atoms with Crippen molar-refractivity contribution in [3.63, 3.8) is 0 Å². The summed E-state index contributed by atoms with van der Waals surface area (Å²) in [6.07, 6.45) is 5.57. The summed E-state index contributed by atoms with van der Waals surface area (Å²) in [6.45, 7) is 0. The van der Waals surface area contributed by atoms with Gasteiger partial charge in [-0.25, -0.2) is 0 Å². The molecule has 1 N–H and O–H groups in total. The summed E-state index contributed by atoms with van der Waals surface area (Å²) < 4.78 is 5.21. The number of amides is 2. The largest absolute Gasteiger partial charge is 0.497 e. The van der Waals surface area contributed by atoms with Crippen LogP contribution in [0.4, 0.5) is 0 Å². The molecule has 1 saturated carbocycles. The number of ether oxygens (including phenoxy) is 1. The van der Waals surface area contributed by atoms with E-state index in [4.69, 9.17) is 4.74 Å². The molecule has 130 valence electrons. The van der Waals surface area contributed by atoms with Crippen LogP contribution in [0.2, 0.25) is 0 Å². The Kier molecular flexibility index (Phi) is 5.07. The number of hydrogen-bond donors (Lipinski definition) is 1. The van der Waals surface area contributed by atoms with Crippen LogP contribution in [0.25, 0.3) is 0 Å². The van der Waals surface area contributed by atoms with Crippen molar-refractivity contribution in [3.8, 4) is 5.75 Å². The number of carbonyl (C=O) groups is 2. The smallest absolute Gasteiger partial charge is 0.225 e. The lowest BCUT2D eigenvalue weighted by molar-refractivity contribution is -0.141. The Morgan fingerprint density at radius 3 is 2.46 bits per heavy atom. The summed E-state index contributed by atoms with van der Waals surface area (Å²) in [4.78, 5) is 26.7. The minimum absolute atomic E-state index is 0.0852. The second-order valence-corrected chi connectivity index (χ2v) is 6.86. The molecule has 3 rings (SSSR count). The molecule has 1 aromatic rings. The summed E-state index contributed by atoms with van der Waals surface area (Å²) in [5, 5.41) is 3.20. The van der Waals surface area contributed by atoms with E-state index in [1.165, 1.54) is 12.8 Å². The molecule has 2 amide bonds. The molecule has 2 unspecified atom stereocenters. The zero-order chi connectivity index (χ0) is 17.1. The zero-order valence-corrected chi connectivity index (χ0v) is 14.5. The van der Waals surface area contributed by atoms with Crippen molar-refractivity contribution in [2.75, 3.05) is 14.2 Å². The van der Waals surface area contributed by atoms with Crippen LogP contribution in [-0.2, 0) is 9.59 Å². The predicted octanol–water partition coefficient (Wildman–Crippen LogP) is 2.66. The highest BCUT2D eigenvalue weighted by atomic mass is 16.5. The van der Waals surface area contributed by atoms with Gasteiger partial charge in [-0.1, -0.05) is 25.0 Å². The highest BCUT2D eigenvalue weighted by Gasteiger charge is 2.39. The Balaban J connectivity index is 1.81. The van der Waals surface area contributed by atoms with Crippen molar-refractivity contribution >= 4 is 11.8 Å². The Bertz CT molecular complexity index is 593. The fourth-order valence-corrected chi connectivity index (χ4v) is 3.95. The standard InChI is InChI=1S/C19H26N2O3/c1-21-17(22)12-11-16(19(23)20-14-5-3-4-6-14)18(21)13-7-9-15(24-2)10-8-13/h7-10,14,16,18H,3-6,11-12H2,1-2H3,(H,20,23). The Morgan fingerprint density at radius 1 is 1.17 bits per heavy atom. The molecule has 1 aliphatic heterocycles. The average Bonchev–Trinajstić information content (AvgIpc) is 3.10. The van der Waals surface area contributed by atoms with Gasteiger partial charge in [-0.2, -0.15) is 0 Å². The lowest BCUT2D eigenvalue weighted by Gasteiger charge is -2.39. The van der Waals surface area contributed by atoms with Crippen LogP contribution >= 0.6 is 0 Å². The molecular weight excluding hydrogens is 304 g/mol. The molecule has 0 bridgehead atoms. The fraction of sp³-hybridized carbons (Fsp3) is 0.579. The minimum atomic E-state index is -0.210. The summed E-state index contributed by atoms with van der Waals surface area (Å²) in [6, 6.07) is 7.76. The number of nitrogens with one attached hydrogen (secondary N) is 1. The average molecular weight is 330 g/mol. The van der Waals surface area contributed by atoms with Crippen LogP contribution < -0.4 is 10.1 Å². The van der Waals surface area contributed by atoms with E-state index in [1.54, 1.807) is 19.1 Å². The summed E-state index contributed by atoms with van der Waals surface area (Å²) >= 11 is 0. The molecule has 5 heteroatoms. The van der Waals surface area contributed by atoms with Crippen LogP contribution in [-0.4, -0.2) is 36.9 Å². The van der Waals surface area contributed by atoms with E-state index < -0.39 is 0 Å². The number of rotatable bonds is 4. The van der Waals surface area contributed by atoms with Gasteiger partial charge in [-0.05, 0) is 37.0 Å². The van der Waals surface area contributed by atoms with E-state index in [2.05, 4.69) is 5.32 Å². The van der Waals surface area contributed by atoms with Gasteiger partial charge in [0, 0.05) is 19.5 Å². The van der Waals surface area contributed by atoms with Gasteiger partial charge in [0.1, 0.15) is 5.75 Å². The van der Waals surface area contributed by atoms with E-state index in [0.29, 0.717) is 18.9 Å². The molecule has 1 aromatic carbocycles. The number of piperidine rings is 1. The first-order chi connectivity index (χ1) is 11.6. The van der Waals surface area contributed by atoms with Crippen molar-refractivity contribution in [3.05, 3.63) is 29.8 Å². The first-order valence-electron chi connectivity index (χ1n) is 8.80. The number of benzene rings is 1. The molecule has 1 aliphatic carbocycles. The molecule has 5 nitrogen and oxygen atoms in total. The second-order valence-electron chi connectivity index (χ2n) is 6.86. The van der Waals surface area contributed by atoms with Crippen LogP contribution in [0.1, 0.15) is 50.1 Å². The Labute approximate surface area is 143 Å². The third kappa shape index (κ3) is 3.40. The molecule has 2 aliphatic rings. The van der Waals surface area contributed by atoms with E-state index in [9.17, 15) is 9.59 Å². The Hall–Kier alpha value is -2.04. The molecule has 0 aromatic heterocycles. The number of likely N-dealkylation sites (tertiary alicyclic amines) is 1. The van der Waals surface area contributed by atoms with Crippen LogP contribution in [0.5, 0.6) is 5.75 Å². The first-order valence-corrected chi connectivity index (χ1v) is 8.80. The monoisotopic (exact) mass is 330 g/mol. The maximum atomic E-state index is 12.8.